The summed E-state index contributed by atoms with van der Waals surface area (Å²) in [4.78, 5) is 28.6. The largest absolute Gasteiger partial charge is 0.465 e. The number of esters is 2. The molecule has 0 fully saturated rings. The number of ether oxygens (including phenoxy) is 2. The van der Waals surface area contributed by atoms with Gasteiger partial charge in [0.2, 0.25) is 0 Å². The second-order valence-electron chi connectivity index (χ2n) is 5.48. The molecule has 0 aliphatic rings. The zero-order chi connectivity index (χ0) is 18.5. The maximum absolute atomic E-state index is 12.4. The number of aromatic nitrogens is 1. The van der Waals surface area contributed by atoms with E-state index < -0.39 is 11.9 Å². The first-order valence-electron chi connectivity index (χ1n) is 8.14. The lowest BCUT2D eigenvalue weighted by Crippen LogP contribution is -2.10. The van der Waals surface area contributed by atoms with Gasteiger partial charge >= 0.3 is 11.9 Å². The predicted octanol–water partition coefficient (Wildman–Crippen LogP) is 3.94. The van der Waals surface area contributed by atoms with Gasteiger partial charge in [-0.2, -0.15) is 0 Å². The number of anilines is 2. The van der Waals surface area contributed by atoms with E-state index in [1.807, 2.05) is 30.3 Å². The van der Waals surface area contributed by atoms with Crippen molar-refractivity contribution in [3.8, 4) is 0 Å². The van der Waals surface area contributed by atoms with Crippen LogP contribution in [0, 0.1) is 0 Å². The Morgan fingerprint density at radius 2 is 1.85 bits per heavy atom. The van der Waals surface area contributed by atoms with Gasteiger partial charge in [-0.3, -0.25) is 4.98 Å². The number of carbonyl (C=O) groups excluding carboxylic acids is 2. The van der Waals surface area contributed by atoms with Crippen molar-refractivity contribution in [2.24, 2.45) is 0 Å². The maximum Gasteiger partial charge on any atom is 0.341 e. The molecule has 0 aliphatic carbocycles. The third-order valence-corrected chi connectivity index (χ3v) is 3.83. The highest BCUT2D eigenvalue weighted by molar-refractivity contribution is 6.07. The molecule has 0 saturated carbocycles. The number of fused-ring (bicyclic) bond motifs is 1. The first-order chi connectivity index (χ1) is 12.6. The molecule has 3 rings (SSSR count). The van der Waals surface area contributed by atoms with Gasteiger partial charge in [-0.15, -0.1) is 0 Å². The number of benzene rings is 2. The lowest BCUT2D eigenvalue weighted by molar-refractivity contribution is 0.0526. The van der Waals surface area contributed by atoms with Crippen molar-refractivity contribution in [2.75, 3.05) is 19.0 Å². The van der Waals surface area contributed by atoms with Gasteiger partial charge < -0.3 is 14.8 Å². The Kier molecular flexibility index (Phi) is 5.12. The molecular weight excluding hydrogens is 332 g/mol. The van der Waals surface area contributed by atoms with E-state index in [9.17, 15) is 9.59 Å². The first kappa shape index (κ1) is 17.4. The average molecular weight is 350 g/mol. The van der Waals surface area contributed by atoms with E-state index in [4.69, 9.17) is 9.47 Å². The summed E-state index contributed by atoms with van der Waals surface area (Å²) >= 11 is 0. The summed E-state index contributed by atoms with van der Waals surface area (Å²) in [5.41, 5.74) is 2.65. The lowest BCUT2D eigenvalue weighted by Gasteiger charge is -2.14. The van der Waals surface area contributed by atoms with E-state index in [2.05, 4.69) is 10.3 Å². The zero-order valence-corrected chi connectivity index (χ0v) is 14.5. The zero-order valence-electron chi connectivity index (χ0n) is 14.5. The molecule has 132 valence electrons. The van der Waals surface area contributed by atoms with E-state index >= 15 is 0 Å². The highest BCUT2D eigenvalue weighted by Gasteiger charge is 2.18. The maximum atomic E-state index is 12.4. The molecule has 3 aromatic rings. The molecule has 1 N–H and O–H groups in total. The van der Waals surface area contributed by atoms with E-state index in [1.165, 1.54) is 13.3 Å². The van der Waals surface area contributed by atoms with Crippen molar-refractivity contribution in [3.63, 3.8) is 0 Å². The Bertz CT molecular complexity index is 955. The van der Waals surface area contributed by atoms with Crippen LogP contribution in [0.2, 0.25) is 0 Å². The fraction of sp³-hybridized carbons (Fsp3) is 0.150. The van der Waals surface area contributed by atoms with E-state index in [0.717, 1.165) is 5.69 Å². The Balaban J connectivity index is 2.20. The smallest absolute Gasteiger partial charge is 0.341 e. The number of hydrogen-bond donors (Lipinski definition) is 1. The van der Waals surface area contributed by atoms with Crippen molar-refractivity contribution in [2.45, 2.75) is 6.92 Å². The number of para-hydroxylation sites is 1. The number of pyridine rings is 1. The van der Waals surface area contributed by atoms with Crippen molar-refractivity contribution in [1.29, 1.82) is 0 Å². The normalized spacial score (nSPS) is 10.4. The number of nitrogens with zero attached hydrogens (tertiary/aromatic N) is 1. The molecule has 0 saturated heterocycles. The molecule has 26 heavy (non-hydrogen) atoms. The van der Waals surface area contributed by atoms with Crippen LogP contribution >= 0.6 is 0 Å². The number of nitrogens with one attached hydrogen (secondary N) is 1. The molecule has 1 aromatic heterocycles. The lowest BCUT2D eigenvalue weighted by atomic mass is 10.1. The van der Waals surface area contributed by atoms with Gasteiger partial charge in [0.15, 0.2) is 0 Å². The summed E-state index contributed by atoms with van der Waals surface area (Å²) in [5.74, 6) is -0.942. The minimum atomic E-state index is -0.483. The third kappa shape index (κ3) is 3.49. The van der Waals surface area contributed by atoms with Gasteiger partial charge in [0, 0.05) is 17.3 Å². The molecule has 0 spiro atoms. The van der Waals surface area contributed by atoms with Crippen LogP contribution in [0.5, 0.6) is 0 Å². The van der Waals surface area contributed by atoms with Crippen LogP contribution in [0.3, 0.4) is 0 Å². The van der Waals surface area contributed by atoms with Gasteiger partial charge in [0.05, 0.1) is 30.5 Å². The molecule has 0 radical (unpaired) electrons. The van der Waals surface area contributed by atoms with Gasteiger partial charge in [-0.1, -0.05) is 18.2 Å². The minimum Gasteiger partial charge on any atom is -0.465 e. The van der Waals surface area contributed by atoms with Gasteiger partial charge in [-0.25, -0.2) is 9.59 Å². The molecule has 0 bridgehead atoms. The summed E-state index contributed by atoms with van der Waals surface area (Å²) < 4.78 is 9.93. The second kappa shape index (κ2) is 7.65. The monoisotopic (exact) mass is 350 g/mol. The van der Waals surface area contributed by atoms with Crippen LogP contribution < -0.4 is 5.32 Å². The van der Waals surface area contributed by atoms with Gasteiger partial charge in [0.25, 0.3) is 0 Å². The summed E-state index contributed by atoms with van der Waals surface area (Å²) in [6.07, 6.45) is 1.48. The second-order valence-corrected chi connectivity index (χ2v) is 5.48. The molecule has 0 aliphatic heterocycles. The molecule has 6 heteroatoms. The van der Waals surface area contributed by atoms with Crippen molar-refractivity contribution in [3.05, 3.63) is 65.9 Å². The Morgan fingerprint density at radius 1 is 1.08 bits per heavy atom. The van der Waals surface area contributed by atoms with Crippen LogP contribution in [0.4, 0.5) is 11.4 Å². The SMILES string of the molecule is CCOC(=O)c1cnc2ccc(C(=O)OC)cc2c1Nc1ccccc1. The molecule has 1 heterocycles. The number of carbonyl (C=O) groups is 2. The summed E-state index contributed by atoms with van der Waals surface area (Å²) in [6.45, 7) is 2.00. The van der Waals surface area contributed by atoms with Crippen LogP contribution in [0.15, 0.2) is 54.7 Å². The Morgan fingerprint density at radius 3 is 2.54 bits per heavy atom. The molecule has 6 nitrogen and oxygen atoms in total. The number of hydrogen-bond acceptors (Lipinski definition) is 6. The van der Waals surface area contributed by atoms with E-state index in [1.54, 1.807) is 25.1 Å². The van der Waals surface area contributed by atoms with Crippen molar-refractivity contribution >= 4 is 34.2 Å². The number of methoxy groups -OCH3 is 1. The van der Waals surface area contributed by atoms with Crippen LogP contribution in [-0.4, -0.2) is 30.6 Å². The van der Waals surface area contributed by atoms with Crippen LogP contribution in [0.25, 0.3) is 10.9 Å². The summed E-state index contributed by atoms with van der Waals surface area (Å²) in [5, 5.41) is 3.87. The van der Waals surface area contributed by atoms with Gasteiger partial charge in [-0.05, 0) is 37.3 Å². The van der Waals surface area contributed by atoms with Crippen molar-refractivity contribution in [1.82, 2.24) is 4.98 Å². The number of rotatable bonds is 5. The molecular formula is C20H18N2O4. The third-order valence-electron chi connectivity index (χ3n) is 3.83. The van der Waals surface area contributed by atoms with Crippen molar-refractivity contribution < 1.29 is 19.1 Å². The highest BCUT2D eigenvalue weighted by atomic mass is 16.5. The topological polar surface area (TPSA) is 77.5 Å². The Hall–Kier alpha value is -3.41. The van der Waals surface area contributed by atoms with Gasteiger partial charge in [0.1, 0.15) is 5.56 Å². The fourth-order valence-corrected chi connectivity index (χ4v) is 2.60. The minimum absolute atomic E-state index is 0.254. The summed E-state index contributed by atoms with van der Waals surface area (Å²) in [7, 11) is 1.32. The molecule has 2 aromatic carbocycles. The predicted molar refractivity (Wildman–Crippen MR) is 98.8 cm³/mol. The van der Waals surface area contributed by atoms with Crippen LogP contribution in [-0.2, 0) is 9.47 Å². The standard InChI is InChI=1S/C20H18N2O4/c1-3-26-20(24)16-12-21-17-10-9-13(19(23)25-2)11-15(17)18(16)22-14-7-5-4-6-8-14/h4-12H,3H2,1-2H3,(H,21,22). The Labute approximate surface area is 150 Å². The fourth-order valence-electron chi connectivity index (χ4n) is 2.60. The molecule has 0 unspecified atom stereocenters. The summed E-state index contributed by atoms with van der Waals surface area (Å²) in [6, 6.07) is 14.4. The van der Waals surface area contributed by atoms with Crippen LogP contribution in [0.1, 0.15) is 27.6 Å². The quantitative estimate of drug-likeness (QED) is 0.702. The van der Waals surface area contributed by atoms with E-state index in [-0.39, 0.29) is 6.61 Å². The molecule has 0 amide bonds. The van der Waals surface area contributed by atoms with E-state index in [0.29, 0.717) is 27.7 Å². The average Bonchev–Trinajstić information content (AvgIpc) is 2.68. The highest BCUT2D eigenvalue weighted by Crippen LogP contribution is 2.30. The molecule has 0 atom stereocenters. The first-order valence-corrected chi connectivity index (χ1v) is 8.14.